The Hall–Kier alpha value is -3.95. The zero-order chi connectivity index (χ0) is 31.8. The smallest absolute Gasteiger partial charge is 0.264 e. The van der Waals surface area contributed by atoms with E-state index in [1.54, 1.807) is 47.4 Å². The van der Waals surface area contributed by atoms with Gasteiger partial charge in [-0.25, -0.2) is 8.42 Å². The fourth-order valence-corrected chi connectivity index (χ4v) is 7.59. The van der Waals surface area contributed by atoms with Gasteiger partial charge in [-0.15, -0.1) is 0 Å². The molecule has 1 aliphatic carbocycles. The molecule has 0 spiro atoms. The number of aryl methyl sites for hydroxylation is 1. The summed E-state index contributed by atoms with van der Waals surface area (Å²) in [7, 11) is -4.14. The van der Waals surface area contributed by atoms with E-state index >= 15 is 0 Å². The second-order valence-electron chi connectivity index (χ2n) is 11.4. The predicted molar refractivity (Wildman–Crippen MR) is 181 cm³/mol. The third-order valence-corrected chi connectivity index (χ3v) is 10.6. The van der Waals surface area contributed by atoms with E-state index in [0.29, 0.717) is 16.6 Å². The molecule has 1 fully saturated rings. The van der Waals surface area contributed by atoms with E-state index in [1.165, 1.54) is 12.1 Å². The third kappa shape index (κ3) is 8.21. The van der Waals surface area contributed by atoms with E-state index in [2.05, 4.69) is 21.2 Å². The second-order valence-corrected chi connectivity index (χ2v) is 14.2. The molecule has 0 saturated heterocycles. The van der Waals surface area contributed by atoms with Gasteiger partial charge in [-0.1, -0.05) is 108 Å². The third-order valence-electron chi connectivity index (χ3n) is 8.28. The molecule has 234 valence electrons. The molecule has 1 saturated carbocycles. The van der Waals surface area contributed by atoms with Crippen LogP contribution in [-0.2, 0) is 32.6 Å². The van der Waals surface area contributed by atoms with Gasteiger partial charge in [-0.05, 0) is 66.8 Å². The van der Waals surface area contributed by atoms with Crippen LogP contribution in [-0.4, -0.2) is 43.8 Å². The number of benzene rings is 4. The Kier molecular flexibility index (Phi) is 10.7. The number of hydrogen-bond acceptors (Lipinski definition) is 4. The normalized spacial score (nSPS) is 14.1. The molecule has 0 bridgehead atoms. The SMILES string of the molecule is Cc1ccccc1CN(C(=O)CN(c1cccc(Br)c1)S(=O)(=O)c1ccccc1)C(Cc1ccccc1)C(=O)NC1CCCC1. The van der Waals surface area contributed by atoms with E-state index in [0.717, 1.165) is 46.7 Å². The summed E-state index contributed by atoms with van der Waals surface area (Å²) in [5.41, 5.74) is 3.11. The first-order valence-corrected chi connectivity index (χ1v) is 17.5. The second kappa shape index (κ2) is 14.9. The number of amides is 2. The molecule has 0 radical (unpaired) electrons. The van der Waals surface area contributed by atoms with Gasteiger partial charge in [0.25, 0.3) is 10.0 Å². The summed E-state index contributed by atoms with van der Waals surface area (Å²) < 4.78 is 30.0. The quantitative estimate of drug-likeness (QED) is 0.181. The van der Waals surface area contributed by atoms with Crippen molar-refractivity contribution in [3.8, 4) is 0 Å². The van der Waals surface area contributed by atoms with Crippen LogP contribution >= 0.6 is 15.9 Å². The number of halogens is 1. The van der Waals surface area contributed by atoms with Gasteiger partial charge in [-0.3, -0.25) is 13.9 Å². The zero-order valence-corrected chi connectivity index (χ0v) is 27.7. The van der Waals surface area contributed by atoms with Gasteiger partial charge < -0.3 is 10.2 Å². The molecular weight excluding hydrogens is 650 g/mol. The van der Waals surface area contributed by atoms with Crippen molar-refractivity contribution in [1.29, 1.82) is 0 Å². The minimum Gasteiger partial charge on any atom is -0.352 e. The summed E-state index contributed by atoms with van der Waals surface area (Å²) in [5.74, 6) is -0.701. The highest BCUT2D eigenvalue weighted by atomic mass is 79.9. The molecule has 4 aromatic rings. The van der Waals surface area contributed by atoms with Crippen LogP contribution in [0.15, 0.2) is 119 Å². The van der Waals surface area contributed by atoms with Gasteiger partial charge in [0.2, 0.25) is 11.8 Å². The van der Waals surface area contributed by atoms with Gasteiger partial charge in [0, 0.05) is 23.5 Å². The Morgan fingerprint density at radius 2 is 1.51 bits per heavy atom. The van der Waals surface area contributed by atoms with Crippen molar-refractivity contribution < 1.29 is 18.0 Å². The maximum absolute atomic E-state index is 14.6. The summed E-state index contributed by atoms with van der Waals surface area (Å²) in [5, 5.41) is 3.21. The molecule has 7 nitrogen and oxygen atoms in total. The van der Waals surface area contributed by atoms with Crippen molar-refractivity contribution in [3.05, 3.63) is 130 Å². The molecule has 0 aromatic heterocycles. The van der Waals surface area contributed by atoms with Crippen LogP contribution < -0.4 is 9.62 Å². The highest BCUT2D eigenvalue weighted by molar-refractivity contribution is 9.10. The number of anilines is 1. The number of nitrogens with zero attached hydrogens (tertiary/aromatic N) is 2. The van der Waals surface area contributed by atoms with Crippen molar-refractivity contribution in [2.75, 3.05) is 10.8 Å². The molecule has 0 aliphatic heterocycles. The molecule has 45 heavy (non-hydrogen) atoms. The summed E-state index contributed by atoms with van der Waals surface area (Å²) in [6, 6.07) is 31.5. The molecule has 1 aliphatic rings. The number of carbonyl (C=O) groups excluding carboxylic acids is 2. The highest BCUT2D eigenvalue weighted by Gasteiger charge is 2.35. The minimum absolute atomic E-state index is 0.0582. The molecule has 1 atom stereocenters. The van der Waals surface area contributed by atoms with Crippen molar-refractivity contribution in [2.45, 2.75) is 62.6 Å². The molecular formula is C36H38BrN3O4S. The fourth-order valence-electron chi connectivity index (χ4n) is 5.77. The van der Waals surface area contributed by atoms with Gasteiger partial charge >= 0.3 is 0 Å². The van der Waals surface area contributed by atoms with Gasteiger partial charge in [-0.2, -0.15) is 0 Å². The van der Waals surface area contributed by atoms with Crippen molar-refractivity contribution in [3.63, 3.8) is 0 Å². The van der Waals surface area contributed by atoms with Crippen LogP contribution in [0.1, 0.15) is 42.4 Å². The first kappa shape index (κ1) is 32.4. The molecule has 9 heteroatoms. The average Bonchev–Trinajstić information content (AvgIpc) is 3.56. The average molecular weight is 689 g/mol. The van der Waals surface area contributed by atoms with Crippen molar-refractivity contribution in [2.24, 2.45) is 0 Å². The Bertz CT molecular complexity index is 1710. The summed E-state index contributed by atoms with van der Waals surface area (Å²) in [6.45, 7) is 1.64. The number of hydrogen-bond donors (Lipinski definition) is 1. The Morgan fingerprint density at radius 1 is 0.867 bits per heavy atom. The molecule has 0 heterocycles. The number of sulfonamides is 1. The van der Waals surface area contributed by atoms with Crippen molar-refractivity contribution in [1.82, 2.24) is 10.2 Å². The van der Waals surface area contributed by atoms with Crippen LogP contribution in [0.3, 0.4) is 0 Å². The fraction of sp³-hybridized carbons (Fsp3) is 0.278. The standard InChI is InChI=1S/C36H38BrN3O4S/c1-27-13-8-9-16-29(27)25-39(34(23-28-14-4-2-5-15-28)36(42)38-31-18-10-11-19-31)35(41)26-40(32-20-12-17-30(37)24-32)45(43,44)33-21-6-3-7-22-33/h2-9,12-17,20-22,24,31,34H,10-11,18-19,23,25-26H2,1H3,(H,38,42). The monoisotopic (exact) mass is 687 g/mol. The maximum Gasteiger partial charge on any atom is 0.264 e. The van der Waals surface area contributed by atoms with E-state index in [1.807, 2.05) is 61.5 Å². The lowest BCUT2D eigenvalue weighted by atomic mass is 10.0. The minimum atomic E-state index is -4.14. The summed E-state index contributed by atoms with van der Waals surface area (Å²) in [6.07, 6.45) is 4.21. The largest absolute Gasteiger partial charge is 0.352 e. The van der Waals surface area contributed by atoms with Gasteiger partial charge in [0.15, 0.2) is 0 Å². The van der Waals surface area contributed by atoms with Crippen molar-refractivity contribution >= 4 is 43.5 Å². The molecule has 5 rings (SSSR count). The maximum atomic E-state index is 14.6. The van der Waals surface area contributed by atoms with Gasteiger partial charge in [0.05, 0.1) is 10.6 Å². The first-order chi connectivity index (χ1) is 21.7. The molecule has 2 amide bonds. The molecule has 1 N–H and O–H groups in total. The summed E-state index contributed by atoms with van der Waals surface area (Å²) >= 11 is 3.45. The predicted octanol–water partition coefficient (Wildman–Crippen LogP) is 6.65. The lowest BCUT2D eigenvalue weighted by Crippen LogP contribution is -2.54. The molecule has 4 aromatic carbocycles. The summed E-state index contributed by atoms with van der Waals surface area (Å²) in [4.78, 5) is 30.3. The van der Waals surface area contributed by atoms with E-state index in [4.69, 9.17) is 0 Å². The lowest BCUT2D eigenvalue weighted by molar-refractivity contribution is -0.140. The van der Waals surface area contributed by atoms with Crippen LogP contribution in [0.5, 0.6) is 0 Å². The number of nitrogens with one attached hydrogen (secondary N) is 1. The van der Waals surface area contributed by atoms with Crippen LogP contribution in [0.25, 0.3) is 0 Å². The number of rotatable bonds is 12. The molecule has 1 unspecified atom stereocenters. The topological polar surface area (TPSA) is 86.8 Å². The number of carbonyl (C=O) groups is 2. The first-order valence-electron chi connectivity index (χ1n) is 15.2. The Balaban J connectivity index is 1.57. The van der Waals surface area contributed by atoms with E-state index in [9.17, 15) is 18.0 Å². The lowest BCUT2D eigenvalue weighted by Gasteiger charge is -2.34. The zero-order valence-electron chi connectivity index (χ0n) is 25.3. The van der Waals surface area contributed by atoms with Crippen LogP contribution in [0.4, 0.5) is 5.69 Å². The van der Waals surface area contributed by atoms with E-state index in [-0.39, 0.29) is 23.4 Å². The van der Waals surface area contributed by atoms with Crippen LogP contribution in [0.2, 0.25) is 0 Å². The Labute approximate surface area is 274 Å². The van der Waals surface area contributed by atoms with Crippen LogP contribution in [0, 0.1) is 6.92 Å². The Morgan fingerprint density at radius 3 is 2.18 bits per heavy atom. The van der Waals surface area contributed by atoms with Gasteiger partial charge in [0.1, 0.15) is 12.6 Å². The highest BCUT2D eigenvalue weighted by Crippen LogP contribution is 2.28. The van der Waals surface area contributed by atoms with E-state index < -0.39 is 28.5 Å².